The fraction of sp³-hybridized carbons (Fsp3) is 1.00. The molecule has 0 spiro atoms. The highest BCUT2D eigenvalue weighted by molar-refractivity contribution is 4.83. The van der Waals surface area contributed by atoms with E-state index in [9.17, 15) is 0 Å². The van der Waals surface area contributed by atoms with E-state index in [0.717, 1.165) is 6.04 Å². The Labute approximate surface area is 69.2 Å². The number of nitrogens with zero attached hydrogens (tertiary/aromatic N) is 2. The lowest BCUT2D eigenvalue weighted by Gasteiger charge is -2.22. The summed E-state index contributed by atoms with van der Waals surface area (Å²) in [5.41, 5.74) is 0. The summed E-state index contributed by atoms with van der Waals surface area (Å²) in [6, 6.07) is 0.891. The molecule has 1 unspecified atom stereocenters. The molecule has 0 bridgehead atoms. The van der Waals surface area contributed by atoms with Gasteiger partial charge in [0.1, 0.15) is 0 Å². The van der Waals surface area contributed by atoms with E-state index in [1.807, 2.05) is 0 Å². The smallest absolute Gasteiger partial charge is 0.0235 e. The number of likely N-dealkylation sites (tertiary alicyclic amines) is 2. The second-order valence-corrected chi connectivity index (χ2v) is 3.95. The van der Waals surface area contributed by atoms with Crippen LogP contribution in [0.4, 0.5) is 0 Å². The molecule has 0 aromatic rings. The molecule has 0 N–H and O–H groups in total. The third-order valence-electron chi connectivity index (χ3n) is 3.02. The van der Waals surface area contributed by atoms with E-state index >= 15 is 0 Å². The van der Waals surface area contributed by atoms with Crippen LogP contribution in [0.15, 0.2) is 0 Å². The first kappa shape index (κ1) is 7.56. The van der Waals surface area contributed by atoms with Gasteiger partial charge in [-0.25, -0.2) is 0 Å². The van der Waals surface area contributed by atoms with Gasteiger partial charge in [-0.3, -0.25) is 4.90 Å². The predicted molar refractivity (Wildman–Crippen MR) is 46.7 cm³/mol. The molecule has 0 aliphatic carbocycles. The SMILES string of the molecule is CN1CCC(N2CCCC2)C1. The molecule has 64 valence electrons. The van der Waals surface area contributed by atoms with Crippen LogP contribution in [0.2, 0.25) is 0 Å². The fourth-order valence-electron chi connectivity index (χ4n) is 2.32. The van der Waals surface area contributed by atoms with Crippen molar-refractivity contribution in [1.82, 2.24) is 9.80 Å². The van der Waals surface area contributed by atoms with E-state index < -0.39 is 0 Å². The van der Waals surface area contributed by atoms with Gasteiger partial charge >= 0.3 is 0 Å². The van der Waals surface area contributed by atoms with E-state index in [4.69, 9.17) is 0 Å². The number of likely N-dealkylation sites (N-methyl/N-ethyl adjacent to an activating group) is 1. The molecular weight excluding hydrogens is 136 g/mol. The molecule has 2 nitrogen and oxygen atoms in total. The van der Waals surface area contributed by atoms with E-state index in [-0.39, 0.29) is 0 Å². The molecular formula is C9H18N2. The Kier molecular flexibility index (Phi) is 2.14. The molecule has 2 aliphatic heterocycles. The van der Waals surface area contributed by atoms with Crippen LogP contribution in [0.25, 0.3) is 0 Å². The monoisotopic (exact) mass is 154 g/mol. The highest BCUT2D eigenvalue weighted by Crippen LogP contribution is 2.18. The van der Waals surface area contributed by atoms with Crippen LogP contribution in [0.3, 0.4) is 0 Å². The first-order valence-electron chi connectivity index (χ1n) is 4.79. The Morgan fingerprint density at radius 3 is 2.36 bits per heavy atom. The molecule has 0 amide bonds. The minimum absolute atomic E-state index is 0.891. The highest BCUT2D eigenvalue weighted by Gasteiger charge is 2.26. The van der Waals surface area contributed by atoms with Crippen LogP contribution in [0.1, 0.15) is 19.3 Å². The minimum atomic E-state index is 0.891. The summed E-state index contributed by atoms with van der Waals surface area (Å²) >= 11 is 0. The van der Waals surface area contributed by atoms with Crippen molar-refractivity contribution < 1.29 is 0 Å². The van der Waals surface area contributed by atoms with Gasteiger partial charge in [-0.05, 0) is 45.9 Å². The lowest BCUT2D eigenvalue weighted by atomic mass is 10.2. The zero-order chi connectivity index (χ0) is 7.68. The van der Waals surface area contributed by atoms with Crippen LogP contribution in [0, 0.1) is 0 Å². The van der Waals surface area contributed by atoms with Crippen molar-refractivity contribution in [2.45, 2.75) is 25.3 Å². The largest absolute Gasteiger partial charge is 0.305 e. The van der Waals surface area contributed by atoms with Gasteiger partial charge < -0.3 is 4.90 Å². The maximum absolute atomic E-state index is 2.67. The molecule has 11 heavy (non-hydrogen) atoms. The normalized spacial score (nSPS) is 35.2. The Morgan fingerprint density at radius 1 is 1.09 bits per heavy atom. The third-order valence-corrected chi connectivity index (χ3v) is 3.02. The van der Waals surface area contributed by atoms with Gasteiger partial charge in [0.15, 0.2) is 0 Å². The topological polar surface area (TPSA) is 6.48 Å². The number of hydrogen-bond donors (Lipinski definition) is 0. The number of rotatable bonds is 1. The highest BCUT2D eigenvalue weighted by atomic mass is 15.2. The zero-order valence-corrected chi connectivity index (χ0v) is 7.42. The molecule has 2 aliphatic rings. The predicted octanol–water partition coefficient (Wildman–Crippen LogP) is 0.786. The van der Waals surface area contributed by atoms with Crippen molar-refractivity contribution in [3.63, 3.8) is 0 Å². The molecule has 1 atom stereocenters. The third kappa shape index (κ3) is 1.57. The van der Waals surface area contributed by atoms with Crippen LogP contribution in [0.5, 0.6) is 0 Å². The van der Waals surface area contributed by atoms with Gasteiger partial charge in [-0.2, -0.15) is 0 Å². The molecule has 0 aromatic heterocycles. The maximum atomic E-state index is 2.67. The lowest BCUT2D eigenvalue weighted by molar-refractivity contribution is 0.242. The van der Waals surface area contributed by atoms with Gasteiger partial charge in [0.2, 0.25) is 0 Å². The quantitative estimate of drug-likeness (QED) is 0.551. The fourth-order valence-corrected chi connectivity index (χ4v) is 2.32. The van der Waals surface area contributed by atoms with Crippen molar-refractivity contribution in [3.05, 3.63) is 0 Å². The molecule has 0 aromatic carbocycles. The molecule has 0 saturated carbocycles. The number of hydrogen-bond acceptors (Lipinski definition) is 2. The summed E-state index contributed by atoms with van der Waals surface area (Å²) in [5.74, 6) is 0. The van der Waals surface area contributed by atoms with Crippen LogP contribution in [-0.4, -0.2) is 49.1 Å². The second kappa shape index (κ2) is 3.11. The Bertz CT molecular complexity index is 130. The Hall–Kier alpha value is -0.0800. The van der Waals surface area contributed by atoms with Gasteiger partial charge in [0.05, 0.1) is 0 Å². The molecule has 2 rings (SSSR count). The summed E-state index contributed by atoms with van der Waals surface area (Å²) in [6.45, 7) is 5.33. The Morgan fingerprint density at radius 2 is 1.82 bits per heavy atom. The van der Waals surface area contributed by atoms with Crippen LogP contribution >= 0.6 is 0 Å². The van der Waals surface area contributed by atoms with Crippen molar-refractivity contribution in [2.75, 3.05) is 33.2 Å². The van der Waals surface area contributed by atoms with Crippen molar-refractivity contribution in [3.8, 4) is 0 Å². The minimum Gasteiger partial charge on any atom is -0.305 e. The van der Waals surface area contributed by atoms with Gasteiger partial charge in [-0.15, -0.1) is 0 Å². The van der Waals surface area contributed by atoms with E-state index in [0.29, 0.717) is 0 Å². The molecule has 2 fully saturated rings. The standard InChI is InChI=1S/C9H18N2/c1-10-7-4-9(8-10)11-5-2-3-6-11/h9H,2-8H2,1H3. The average molecular weight is 154 g/mol. The van der Waals surface area contributed by atoms with Crippen LogP contribution in [-0.2, 0) is 0 Å². The van der Waals surface area contributed by atoms with E-state index in [1.54, 1.807) is 0 Å². The molecule has 2 heterocycles. The first-order chi connectivity index (χ1) is 5.36. The average Bonchev–Trinajstić information content (AvgIpc) is 2.55. The molecule has 2 saturated heterocycles. The molecule has 2 heteroatoms. The molecule has 0 radical (unpaired) electrons. The van der Waals surface area contributed by atoms with E-state index in [1.165, 1.54) is 45.4 Å². The zero-order valence-electron chi connectivity index (χ0n) is 7.42. The van der Waals surface area contributed by atoms with Crippen molar-refractivity contribution in [2.24, 2.45) is 0 Å². The Balaban J connectivity index is 1.85. The summed E-state index contributed by atoms with van der Waals surface area (Å²) in [4.78, 5) is 5.12. The van der Waals surface area contributed by atoms with Crippen LogP contribution < -0.4 is 0 Å². The second-order valence-electron chi connectivity index (χ2n) is 3.95. The summed E-state index contributed by atoms with van der Waals surface area (Å²) in [5, 5.41) is 0. The lowest BCUT2D eigenvalue weighted by Crippen LogP contribution is -2.34. The first-order valence-corrected chi connectivity index (χ1v) is 4.79. The summed E-state index contributed by atoms with van der Waals surface area (Å²) in [6.07, 6.45) is 4.26. The van der Waals surface area contributed by atoms with Gasteiger partial charge in [-0.1, -0.05) is 0 Å². The summed E-state index contributed by atoms with van der Waals surface area (Å²) in [7, 11) is 2.23. The van der Waals surface area contributed by atoms with Gasteiger partial charge in [0, 0.05) is 12.6 Å². The van der Waals surface area contributed by atoms with Crippen molar-refractivity contribution >= 4 is 0 Å². The van der Waals surface area contributed by atoms with Crippen molar-refractivity contribution in [1.29, 1.82) is 0 Å². The summed E-state index contributed by atoms with van der Waals surface area (Å²) < 4.78 is 0. The van der Waals surface area contributed by atoms with E-state index in [2.05, 4.69) is 16.8 Å². The van der Waals surface area contributed by atoms with Gasteiger partial charge in [0.25, 0.3) is 0 Å². The maximum Gasteiger partial charge on any atom is 0.0235 e.